The number of fused-ring (bicyclic) bond motifs is 1. The molecule has 1 aliphatic rings. The third-order valence-electron chi connectivity index (χ3n) is 7.80. The van der Waals surface area contributed by atoms with Gasteiger partial charge in [-0.25, -0.2) is 4.39 Å². The minimum Gasteiger partial charge on any atom is -0.342 e. The van der Waals surface area contributed by atoms with Gasteiger partial charge in [0.2, 0.25) is 5.78 Å². The zero-order valence-electron chi connectivity index (χ0n) is 23.0. The molecule has 0 radical (unpaired) electrons. The molecule has 1 fully saturated rings. The summed E-state index contributed by atoms with van der Waals surface area (Å²) in [5.41, 5.74) is 3.72. The van der Waals surface area contributed by atoms with Crippen LogP contribution in [0.4, 0.5) is 4.39 Å². The van der Waals surface area contributed by atoms with Crippen molar-refractivity contribution in [1.82, 2.24) is 14.4 Å². The second kappa shape index (κ2) is 11.3. The van der Waals surface area contributed by atoms with E-state index in [1.54, 1.807) is 38.0 Å². The lowest BCUT2D eigenvalue weighted by atomic mass is 9.79. The number of thioether (sulfide) groups is 1. The molecule has 0 N–H and O–H groups in total. The minimum absolute atomic E-state index is 0.0302. The number of likely N-dealkylation sites (tertiary alicyclic amines) is 1. The largest absolute Gasteiger partial charge is 0.342 e. The van der Waals surface area contributed by atoms with Gasteiger partial charge in [0.05, 0.1) is 11.4 Å². The van der Waals surface area contributed by atoms with Crippen molar-refractivity contribution in [3.63, 3.8) is 0 Å². The molecule has 1 unspecified atom stereocenters. The van der Waals surface area contributed by atoms with Crippen LogP contribution >= 0.6 is 11.8 Å². The number of amides is 2. The van der Waals surface area contributed by atoms with Gasteiger partial charge in [-0.1, -0.05) is 19.1 Å². The molecular formula is C30H36FN3O3S. The van der Waals surface area contributed by atoms with Gasteiger partial charge in [0.15, 0.2) is 0 Å². The maximum Gasteiger partial charge on any atom is 0.294 e. The Bertz CT molecular complexity index is 1370. The van der Waals surface area contributed by atoms with Crippen molar-refractivity contribution < 1.29 is 18.8 Å². The lowest BCUT2D eigenvalue weighted by Crippen LogP contribution is -2.48. The standard InChI is InChI=1S/C30H36FN3O3S/c1-18-16-33(19(2)13-23(18)14-21-7-10-24(31)11-8-21)29(36)27-20(3)34(17-38-6)26-12-9-22(15-25(26)27)28(35)30(37)32(4)5/h7-12,15,18-19,23H,13-14,16-17H2,1-6H3/t18-,19+,23?/m0/s1. The first kappa shape index (κ1) is 27.9. The van der Waals surface area contributed by atoms with E-state index >= 15 is 0 Å². The molecule has 0 saturated carbocycles. The number of ketones is 1. The number of benzene rings is 2. The van der Waals surface area contributed by atoms with Gasteiger partial charge < -0.3 is 14.4 Å². The maximum atomic E-state index is 14.1. The van der Waals surface area contributed by atoms with Crippen LogP contribution in [0.25, 0.3) is 10.9 Å². The van der Waals surface area contributed by atoms with E-state index in [2.05, 4.69) is 18.4 Å². The Morgan fingerprint density at radius 1 is 1.08 bits per heavy atom. The van der Waals surface area contributed by atoms with Crippen LogP contribution in [-0.2, 0) is 17.1 Å². The number of aromatic nitrogens is 1. The van der Waals surface area contributed by atoms with Gasteiger partial charge in [0, 0.05) is 48.8 Å². The molecular weight excluding hydrogens is 501 g/mol. The number of carbonyl (C=O) groups is 3. The molecule has 1 aliphatic heterocycles. The Morgan fingerprint density at radius 3 is 2.39 bits per heavy atom. The first-order valence-electron chi connectivity index (χ1n) is 13.0. The monoisotopic (exact) mass is 537 g/mol. The van der Waals surface area contributed by atoms with Crippen LogP contribution in [-0.4, -0.2) is 64.9 Å². The SMILES string of the molecule is CSCn1c(C)c(C(=O)N2C[C@H](C)C(Cc3ccc(F)cc3)C[C@H]2C)c2cc(C(=O)C(=O)N(C)C)ccc21. The molecule has 0 aliphatic carbocycles. The van der Waals surface area contributed by atoms with Gasteiger partial charge in [-0.15, -0.1) is 11.8 Å². The Morgan fingerprint density at radius 2 is 1.76 bits per heavy atom. The van der Waals surface area contributed by atoms with Crippen LogP contribution < -0.4 is 0 Å². The number of nitrogens with zero attached hydrogens (tertiary/aromatic N) is 3. The van der Waals surface area contributed by atoms with E-state index in [1.165, 1.54) is 17.0 Å². The lowest BCUT2D eigenvalue weighted by molar-refractivity contribution is -0.124. The third-order valence-corrected chi connectivity index (χ3v) is 8.31. The van der Waals surface area contributed by atoms with Crippen molar-refractivity contribution in [3.05, 3.63) is 70.7 Å². The zero-order chi connectivity index (χ0) is 27.7. The number of hydrogen-bond acceptors (Lipinski definition) is 4. The first-order valence-corrected chi connectivity index (χ1v) is 14.4. The number of Topliss-reactive ketones (excluding diaryl/α,β-unsaturated/α-hetero) is 1. The quantitative estimate of drug-likeness (QED) is 0.299. The van der Waals surface area contributed by atoms with Crippen molar-refractivity contribution in [3.8, 4) is 0 Å². The topological polar surface area (TPSA) is 62.6 Å². The number of likely N-dealkylation sites (N-methyl/N-ethyl adjacent to an activating group) is 1. The van der Waals surface area contributed by atoms with Crippen molar-refractivity contribution in [2.45, 2.75) is 45.5 Å². The molecule has 8 heteroatoms. The minimum atomic E-state index is -0.594. The predicted molar refractivity (Wildman–Crippen MR) is 151 cm³/mol. The summed E-state index contributed by atoms with van der Waals surface area (Å²) in [6.07, 6.45) is 3.72. The van der Waals surface area contributed by atoms with Gasteiger partial charge in [0.25, 0.3) is 11.8 Å². The van der Waals surface area contributed by atoms with Crippen LogP contribution in [0.15, 0.2) is 42.5 Å². The molecule has 0 spiro atoms. The molecule has 2 amide bonds. The molecule has 4 rings (SSSR count). The number of carbonyl (C=O) groups excluding carboxylic acids is 3. The fraction of sp³-hybridized carbons (Fsp3) is 0.433. The summed E-state index contributed by atoms with van der Waals surface area (Å²) in [4.78, 5) is 42.5. The lowest BCUT2D eigenvalue weighted by Gasteiger charge is -2.42. The van der Waals surface area contributed by atoms with Crippen molar-refractivity contribution in [2.75, 3.05) is 26.9 Å². The van der Waals surface area contributed by atoms with Gasteiger partial charge in [-0.2, -0.15) is 0 Å². The predicted octanol–water partition coefficient (Wildman–Crippen LogP) is 5.41. The Hall–Kier alpha value is -3.13. The van der Waals surface area contributed by atoms with Crippen LogP contribution in [0.5, 0.6) is 0 Å². The van der Waals surface area contributed by atoms with Crippen molar-refractivity contribution in [2.24, 2.45) is 11.8 Å². The van der Waals surface area contributed by atoms with Crippen LogP contribution in [0.1, 0.15) is 52.2 Å². The second-order valence-electron chi connectivity index (χ2n) is 10.7. The molecule has 2 heterocycles. The number of halogens is 1. The summed E-state index contributed by atoms with van der Waals surface area (Å²) >= 11 is 1.65. The molecule has 3 atom stereocenters. The fourth-order valence-electron chi connectivity index (χ4n) is 5.59. The summed E-state index contributed by atoms with van der Waals surface area (Å²) in [6.45, 7) is 6.83. The highest BCUT2D eigenvalue weighted by molar-refractivity contribution is 7.97. The highest BCUT2D eigenvalue weighted by Crippen LogP contribution is 2.35. The van der Waals surface area contributed by atoms with E-state index in [4.69, 9.17) is 0 Å². The smallest absolute Gasteiger partial charge is 0.294 e. The summed E-state index contributed by atoms with van der Waals surface area (Å²) in [5, 5.41) is 0.701. The van der Waals surface area contributed by atoms with Gasteiger partial charge in [-0.3, -0.25) is 14.4 Å². The molecule has 1 aromatic heterocycles. The normalized spacial score (nSPS) is 19.6. The molecule has 3 aromatic rings. The van der Waals surface area contributed by atoms with E-state index in [1.807, 2.05) is 36.3 Å². The summed E-state index contributed by atoms with van der Waals surface area (Å²) < 4.78 is 15.5. The van der Waals surface area contributed by atoms with Gasteiger partial charge >= 0.3 is 0 Å². The van der Waals surface area contributed by atoms with E-state index in [0.717, 1.165) is 29.6 Å². The highest BCUT2D eigenvalue weighted by Gasteiger charge is 2.36. The van der Waals surface area contributed by atoms with Crippen molar-refractivity contribution in [1.29, 1.82) is 0 Å². The van der Waals surface area contributed by atoms with Gasteiger partial charge in [0.1, 0.15) is 5.82 Å². The van der Waals surface area contributed by atoms with E-state index in [9.17, 15) is 18.8 Å². The summed E-state index contributed by atoms with van der Waals surface area (Å²) in [5.74, 6) is -0.129. The number of rotatable bonds is 7. The average molecular weight is 538 g/mol. The third kappa shape index (κ3) is 5.37. The number of piperidine rings is 1. The van der Waals surface area contributed by atoms with Crippen LogP contribution in [0.2, 0.25) is 0 Å². The molecule has 202 valence electrons. The molecule has 1 saturated heterocycles. The first-order chi connectivity index (χ1) is 18.0. The molecule has 6 nitrogen and oxygen atoms in total. The Balaban J connectivity index is 1.66. The average Bonchev–Trinajstić information content (AvgIpc) is 3.16. The van der Waals surface area contributed by atoms with E-state index < -0.39 is 11.7 Å². The Labute approximate surface area is 228 Å². The van der Waals surface area contributed by atoms with E-state index in [-0.39, 0.29) is 29.2 Å². The summed E-state index contributed by atoms with van der Waals surface area (Å²) in [6, 6.07) is 11.9. The molecule has 0 bridgehead atoms. The van der Waals surface area contributed by atoms with Crippen LogP contribution in [0.3, 0.4) is 0 Å². The molecule has 38 heavy (non-hydrogen) atoms. The molecule has 2 aromatic carbocycles. The summed E-state index contributed by atoms with van der Waals surface area (Å²) in [7, 11) is 3.10. The van der Waals surface area contributed by atoms with Gasteiger partial charge in [-0.05, 0) is 80.7 Å². The second-order valence-corrected chi connectivity index (χ2v) is 11.5. The Kier molecular flexibility index (Phi) is 8.31. The van der Waals surface area contributed by atoms with Crippen molar-refractivity contribution >= 4 is 40.3 Å². The highest BCUT2D eigenvalue weighted by atomic mass is 32.2. The van der Waals surface area contributed by atoms with Crippen LogP contribution in [0, 0.1) is 24.6 Å². The maximum absolute atomic E-state index is 14.1. The fourth-order valence-corrected chi connectivity index (χ4v) is 6.18. The zero-order valence-corrected chi connectivity index (χ0v) is 23.8. The number of hydrogen-bond donors (Lipinski definition) is 0. The van der Waals surface area contributed by atoms with E-state index in [0.29, 0.717) is 29.3 Å².